The molecule has 7 nitrogen and oxygen atoms in total. The van der Waals surface area contributed by atoms with Gasteiger partial charge in [-0.25, -0.2) is 9.97 Å². The average molecular weight is 298 g/mol. The Morgan fingerprint density at radius 1 is 1.36 bits per heavy atom. The van der Waals surface area contributed by atoms with Crippen molar-refractivity contribution in [2.75, 3.05) is 18.4 Å². The molecule has 1 aromatic heterocycles. The molecule has 3 rings (SSSR count). The lowest BCUT2D eigenvalue weighted by Crippen LogP contribution is -2.57. The number of amides is 1. The third kappa shape index (κ3) is 3.39. The van der Waals surface area contributed by atoms with E-state index in [-0.39, 0.29) is 17.6 Å². The highest BCUT2D eigenvalue weighted by Gasteiger charge is 2.40. The fraction of sp³-hybridized carbons (Fsp3) is 0.533. The molecule has 7 heteroatoms. The molecule has 0 aliphatic carbocycles. The Labute approximate surface area is 129 Å². The largest absolute Gasteiger partial charge is 0.348 e. The second-order valence-corrected chi connectivity index (χ2v) is 5.60. The molecule has 0 unspecified atom stereocenters. The van der Waals surface area contributed by atoms with Gasteiger partial charge < -0.3 is 10.2 Å². The van der Waals surface area contributed by atoms with Crippen molar-refractivity contribution in [2.24, 2.45) is 10.2 Å². The molecule has 0 spiro atoms. The van der Waals surface area contributed by atoms with E-state index in [1.165, 1.54) is 0 Å². The minimum Gasteiger partial charge on any atom is -0.348 e. The van der Waals surface area contributed by atoms with Crippen molar-refractivity contribution in [3.05, 3.63) is 18.5 Å². The quantitative estimate of drug-likeness (QED) is 0.772. The molecule has 1 amide bonds. The summed E-state index contributed by atoms with van der Waals surface area (Å²) in [4.78, 5) is 22.2. The number of aromatic nitrogens is 2. The van der Waals surface area contributed by atoms with Gasteiger partial charge in [0.25, 0.3) is 0 Å². The SMILES string of the molecule is C#CCCC1(CCC(=O)N2CC(Nc3ncccn3)C2)N=N1. The first kappa shape index (κ1) is 14.4. The maximum absolute atomic E-state index is 12.1. The lowest BCUT2D eigenvalue weighted by atomic mass is 10.0. The molecule has 1 fully saturated rings. The number of nitrogens with zero attached hydrogens (tertiary/aromatic N) is 5. The summed E-state index contributed by atoms with van der Waals surface area (Å²) >= 11 is 0. The van der Waals surface area contributed by atoms with Gasteiger partial charge in [-0.1, -0.05) is 0 Å². The Morgan fingerprint density at radius 3 is 2.73 bits per heavy atom. The van der Waals surface area contributed by atoms with Crippen LogP contribution < -0.4 is 5.32 Å². The number of hydrogen-bond donors (Lipinski definition) is 1. The van der Waals surface area contributed by atoms with Gasteiger partial charge in [0.1, 0.15) is 0 Å². The summed E-state index contributed by atoms with van der Waals surface area (Å²) in [5.74, 6) is 3.33. The minimum atomic E-state index is -0.373. The smallest absolute Gasteiger partial charge is 0.222 e. The number of anilines is 1. The van der Waals surface area contributed by atoms with Crippen LogP contribution in [0.3, 0.4) is 0 Å². The molecule has 22 heavy (non-hydrogen) atoms. The second-order valence-electron chi connectivity index (χ2n) is 5.60. The van der Waals surface area contributed by atoms with E-state index in [0.717, 1.165) is 6.42 Å². The topological polar surface area (TPSA) is 82.8 Å². The van der Waals surface area contributed by atoms with E-state index >= 15 is 0 Å². The van der Waals surface area contributed by atoms with Gasteiger partial charge in [0, 0.05) is 51.2 Å². The lowest BCUT2D eigenvalue weighted by Gasteiger charge is -2.39. The van der Waals surface area contributed by atoms with E-state index in [1.54, 1.807) is 18.5 Å². The van der Waals surface area contributed by atoms with Gasteiger partial charge in [0.05, 0.1) is 6.04 Å². The number of terminal acetylenes is 1. The number of hydrogen-bond acceptors (Lipinski definition) is 6. The number of nitrogens with one attached hydrogen (secondary N) is 1. The van der Waals surface area contributed by atoms with Crippen molar-refractivity contribution in [3.8, 4) is 12.3 Å². The van der Waals surface area contributed by atoms with Gasteiger partial charge in [-0.15, -0.1) is 12.3 Å². The van der Waals surface area contributed by atoms with Crippen LogP contribution in [0.2, 0.25) is 0 Å². The zero-order chi connectivity index (χ0) is 15.4. The number of rotatable bonds is 7. The maximum atomic E-state index is 12.1. The summed E-state index contributed by atoms with van der Waals surface area (Å²) in [7, 11) is 0. The van der Waals surface area contributed by atoms with Crippen molar-refractivity contribution in [1.82, 2.24) is 14.9 Å². The Hall–Kier alpha value is -2.49. The fourth-order valence-electron chi connectivity index (χ4n) is 2.46. The number of likely N-dealkylation sites (tertiary alicyclic amines) is 1. The van der Waals surface area contributed by atoms with Crippen LogP contribution in [0.25, 0.3) is 0 Å². The zero-order valence-electron chi connectivity index (χ0n) is 12.3. The standard InChI is InChI=1S/C15H18N6O/c1-2-3-6-15(19-20-15)7-5-13(22)21-10-12(11-21)18-14-16-8-4-9-17-14/h1,4,8-9,12H,3,5-7,10-11H2,(H,16,17,18). The van der Waals surface area contributed by atoms with Crippen molar-refractivity contribution >= 4 is 11.9 Å². The van der Waals surface area contributed by atoms with Crippen LogP contribution >= 0.6 is 0 Å². The van der Waals surface area contributed by atoms with Gasteiger partial charge in [-0.2, -0.15) is 10.2 Å². The summed E-state index contributed by atoms with van der Waals surface area (Å²) in [5.41, 5.74) is -0.373. The van der Waals surface area contributed by atoms with Crippen molar-refractivity contribution in [2.45, 2.75) is 37.4 Å². The van der Waals surface area contributed by atoms with E-state index in [1.807, 2.05) is 4.90 Å². The van der Waals surface area contributed by atoms with Crippen molar-refractivity contribution in [1.29, 1.82) is 0 Å². The van der Waals surface area contributed by atoms with Crippen LogP contribution in [-0.2, 0) is 4.79 Å². The number of carbonyl (C=O) groups excluding carboxylic acids is 1. The molecule has 1 saturated heterocycles. The van der Waals surface area contributed by atoms with Gasteiger partial charge in [0.2, 0.25) is 11.9 Å². The van der Waals surface area contributed by atoms with Crippen LogP contribution in [-0.4, -0.2) is 45.6 Å². The Morgan fingerprint density at radius 2 is 2.09 bits per heavy atom. The molecule has 2 aliphatic heterocycles. The molecule has 114 valence electrons. The van der Waals surface area contributed by atoms with E-state index in [4.69, 9.17) is 6.42 Å². The van der Waals surface area contributed by atoms with Gasteiger partial charge in [-0.3, -0.25) is 4.79 Å². The van der Waals surface area contributed by atoms with E-state index in [2.05, 4.69) is 31.4 Å². The first-order valence-corrected chi connectivity index (χ1v) is 7.40. The van der Waals surface area contributed by atoms with Gasteiger partial charge >= 0.3 is 0 Å². The van der Waals surface area contributed by atoms with Crippen molar-refractivity contribution in [3.63, 3.8) is 0 Å². The zero-order valence-corrected chi connectivity index (χ0v) is 12.3. The lowest BCUT2D eigenvalue weighted by molar-refractivity contribution is -0.135. The van der Waals surface area contributed by atoms with Crippen LogP contribution in [0.4, 0.5) is 5.95 Å². The highest BCUT2D eigenvalue weighted by Crippen LogP contribution is 2.37. The molecule has 1 N–H and O–H groups in total. The first-order valence-electron chi connectivity index (χ1n) is 7.40. The van der Waals surface area contributed by atoms with E-state index in [9.17, 15) is 4.79 Å². The normalized spacial score (nSPS) is 18.4. The molecular weight excluding hydrogens is 280 g/mol. The summed E-state index contributed by atoms with van der Waals surface area (Å²) in [6.07, 6.45) is 11.1. The van der Waals surface area contributed by atoms with Crippen LogP contribution in [0.1, 0.15) is 25.7 Å². The fourth-order valence-corrected chi connectivity index (χ4v) is 2.46. The molecule has 0 aromatic carbocycles. The highest BCUT2D eigenvalue weighted by atomic mass is 16.2. The van der Waals surface area contributed by atoms with Crippen LogP contribution in [0.15, 0.2) is 28.7 Å². The predicted octanol–water partition coefficient (Wildman–Crippen LogP) is 1.45. The third-order valence-corrected chi connectivity index (χ3v) is 3.93. The van der Waals surface area contributed by atoms with Gasteiger partial charge in [0.15, 0.2) is 5.66 Å². The Bertz CT molecular complexity index is 596. The summed E-state index contributed by atoms with van der Waals surface area (Å²) in [5, 5.41) is 11.3. The Balaban J connectivity index is 1.36. The summed E-state index contributed by atoms with van der Waals surface area (Å²) in [6.45, 7) is 1.37. The highest BCUT2D eigenvalue weighted by molar-refractivity contribution is 5.77. The van der Waals surface area contributed by atoms with E-state index < -0.39 is 0 Å². The summed E-state index contributed by atoms with van der Waals surface area (Å²) < 4.78 is 0. The molecule has 0 saturated carbocycles. The predicted molar refractivity (Wildman–Crippen MR) is 80.9 cm³/mol. The minimum absolute atomic E-state index is 0.143. The summed E-state index contributed by atoms with van der Waals surface area (Å²) in [6, 6.07) is 1.99. The molecule has 1 aromatic rings. The van der Waals surface area contributed by atoms with Gasteiger partial charge in [-0.05, 0) is 6.07 Å². The van der Waals surface area contributed by atoms with Crippen LogP contribution in [0.5, 0.6) is 0 Å². The second kappa shape index (κ2) is 6.10. The first-order chi connectivity index (χ1) is 10.7. The molecule has 0 bridgehead atoms. The molecule has 0 atom stereocenters. The molecular formula is C15H18N6O. The monoisotopic (exact) mass is 298 g/mol. The number of carbonyl (C=O) groups is 1. The molecule has 0 radical (unpaired) electrons. The third-order valence-electron chi connectivity index (χ3n) is 3.93. The maximum Gasteiger partial charge on any atom is 0.222 e. The van der Waals surface area contributed by atoms with E-state index in [0.29, 0.717) is 38.3 Å². The Kier molecular flexibility index (Phi) is 4.00. The van der Waals surface area contributed by atoms with Crippen LogP contribution in [0, 0.1) is 12.3 Å². The molecule has 2 aliphatic rings. The van der Waals surface area contributed by atoms with Crippen molar-refractivity contribution < 1.29 is 4.79 Å². The average Bonchev–Trinajstić information content (AvgIpc) is 3.28. The molecule has 3 heterocycles.